The van der Waals surface area contributed by atoms with E-state index in [1.807, 2.05) is 0 Å². The van der Waals surface area contributed by atoms with Crippen molar-refractivity contribution in [2.75, 3.05) is 5.32 Å². The van der Waals surface area contributed by atoms with Crippen LogP contribution >= 0.6 is 15.9 Å². The number of rotatable bonds is 4. The van der Waals surface area contributed by atoms with Crippen LogP contribution in [0.5, 0.6) is 0 Å². The number of nitrogens with two attached hydrogens (primary N) is 1. The van der Waals surface area contributed by atoms with Crippen molar-refractivity contribution in [1.82, 2.24) is 0 Å². The number of carbonyl (C=O) groups is 2. The molecule has 0 aromatic heterocycles. The fourth-order valence-corrected chi connectivity index (χ4v) is 1.98. The number of halogens is 2. The Morgan fingerprint density at radius 1 is 1.44 bits per heavy atom. The first kappa shape index (κ1) is 13.0. The fourth-order valence-electron chi connectivity index (χ4n) is 1.64. The van der Waals surface area contributed by atoms with E-state index in [0.29, 0.717) is 12.3 Å². The molecule has 2 rings (SSSR count). The van der Waals surface area contributed by atoms with Gasteiger partial charge in [-0.3, -0.25) is 9.59 Å². The second kappa shape index (κ2) is 5.06. The molecule has 2 amide bonds. The summed E-state index contributed by atoms with van der Waals surface area (Å²) in [6.07, 6.45) is 2.54. The van der Waals surface area contributed by atoms with E-state index in [2.05, 4.69) is 21.2 Å². The highest BCUT2D eigenvalue weighted by molar-refractivity contribution is 9.10. The van der Waals surface area contributed by atoms with Gasteiger partial charge in [0.05, 0.1) is 15.7 Å². The zero-order valence-electron chi connectivity index (χ0n) is 9.50. The summed E-state index contributed by atoms with van der Waals surface area (Å²) in [5, 5.41) is 2.59. The Hall–Kier alpha value is -1.43. The smallest absolute Gasteiger partial charge is 0.250 e. The van der Waals surface area contributed by atoms with Gasteiger partial charge in [0.1, 0.15) is 5.82 Å². The molecular formula is C12H12BrFN2O2. The Labute approximate surface area is 112 Å². The van der Waals surface area contributed by atoms with Gasteiger partial charge < -0.3 is 11.1 Å². The van der Waals surface area contributed by atoms with Crippen molar-refractivity contribution in [1.29, 1.82) is 0 Å². The van der Waals surface area contributed by atoms with Crippen molar-refractivity contribution in [3.63, 3.8) is 0 Å². The number of anilines is 1. The van der Waals surface area contributed by atoms with Gasteiger partial charge in [0.15, 0.2) is 0 Å². The SMILES string of the molecule is NC(=O)c1cc(F)c(Br)cc1NC(=O)CC1CC1. The Morgan fingerprint density at radius 3 is 2.67 bits per heavy atom. The van der Waals surface area contributed by atoms with Crippen LogP contribution in [-0.2, 0) is 4.79 Å². The van der Waals surface area contributed by atoms with Gasteiger partial charge in [-0.2, -0.15) is 0 Å². The summed E-state index contributed by atoms with van der Waals surface area (Å²) in [4.78, 5) is 22.9. The predicted molar refractivity (Wildman–Crippen MR) is 68.6 cm³/mol. The number of benzene rings is 1. The van der Waals surface area contributed by atoms with Crippen LogP contribution in [0.4, 0.5) is 10.1 Å². The molecule has 4 nitrogen and oxygen atoms in total. The lowest BCUT2D eigenvalue weighted by Crippen LogP contribution is -2.18. The quantitative estimate of drug-likeness (QED) is 0.895. The topological polar surface area (TPSA) is 72.2 Å². The number of nitrogens with one attached hydrogen (secondary N) is 1. The zero-order chi connectivity index (χ0) is 13.3. The first-order valence-corrected chi connectivity index (χ1v) is 6.35. The second-order valence-electron chi connectivity index (χ2n) is 4.37. The van der Waals surface area contributed by atoms with Crippen molar-refractivity contribution in [2.45, 2.75) is 19.3 Å². The van der Waals surface area contributed by atoms with E-state index in [0.717, 1.165) is 18.9 Å². The molecular weight excluding hydrogens is 303 g/mol. The lowest BCUT2D eigenvalue weighted by Gasteiger charge is -2.10. The minimum absolute atomic E-state index is 0.0279. The highest BCUT2D eigenvalue weighted by Gasteiger charge is 2.25. The number of hydrogen-bond donors (Lipinski definition) is 2. The van der Waals surface area contributed by atoms with Crippen molar-refractivity contribution >= 4 is 33.4 Å². The van der Waals surface area contributed by atoms with Crippen molar-refractivity contribution in [2.24, 2.45) is 11.7 Å². The molecule has 0 saturated heterocycles. The number of amides is 2. The molecule has 0 bridgehead atoms. The summed E-state index contributed by atoms with van der Waals surface area (Å²) in [7, 11) is 0. The molecule has 6 heteroatoms. The van der Waals surface area contributed by atoms with E-state index in [9.17, 15) is 14.0 Å². The molecule has 1 aromatic rings. The van der Waals surface area contributed by atoms with Crippen LogP contribution in [0.1, 0.15) is 29.6 Å². The molecule has 1 aromatic carbocycles. The summed E-state index contributed by atoms with van der Waals surface area (Å²) in [5.74, 6) is -1.11. The average molecular weight is 315 g/mol. The van der Waals surface area contributed by atoms with E-state index in [-0.39, 0.29) is 21.6 Å². The zero-order valence-corrected chi connectivity index (χ0v) is 11.1. The molecule has 0 aliphatic heterocycles. The summed E-state index contributed by atoms with van der Waals surface area (Å²) in [6, 6.07) is 2.36. The number of carbonyl (C=O) groups excluding carboxylic acids is 2. The molecule has 1 aliphatic rings. The molecule has 3 N–H and O–H groups in total. The fraction of sp³-hybridized carbons (Fsp3) is 0.333. The second-order valence-corrected chi connectivity index (χ2v) is 5.23. The van der Waals surface area contributed by atoms with Gasteiger partial charge in [0, 0.05) is 6.42 Å². The molecule has 1 fully saturated rings. The summed E-state index contributed by atoms with van der Waals surface area (Å²) >= 11 is 3.00. The van der Waals surface area contributed by atoms with Crippen LogP contribution in [0.15, 0.2) is 16.6 Å². The van der Waals surface area contributed by atoms with E-state index >= 15 is 0 Å². The van der Waals surface area contributed by atoms with Gasteiger partial charge in [-0.1, -0.05) is 0 Å². The Balaban J connectivity index is 2.21. The number of hydrogen-bond acceptors (Lipinski definition) is 2. The van der Waals surface area contributed by atoms with Gasteiger partial charge >= 0.3 is 0 Å². The Morgan fingerprint density at radius 2 is 2.11 bits per heavy atom. The lowest BCUT2D eigenvalue weighted by molar-refractivity contribution is -0.116. The Kier molecular flexibility index (Phi) is 3.65. The maximum Gasteiger partial charge on any atom is 0.250 e. The highest BCUT2D eigenvalue weighted by atomic mass is 79.9. The van der Waals surface area contributed by atoms with Crippen LogP contribution in [0.25, 0.3) is 0 Å². The standard InChI is InChI=1S/C12H12BrFN2O2/c13-8-5-10(7(12(15)18)4-9(8)14)16-11(17)3-6-1-2-6/h4-6H,1-3H2,(H2,15,18)(H,16,17). The molecule has 0 atom stereocenters. The van der Waals surface area contributed by atoms with Crippen molar-refractivity contribution in [3.8, 4) is 0 Å². The molecule has 0 unspecified atom stereocenters. The maximum atomic E-state index is 13.3. The van der Waals surface area contributed by atoms with E-state index in [1.54, 1.807) is 0 Å². The minimum Gasteiger partial charge on any atom is -0.366 e. The first-order valence-electron chi connectivity index (χ1n) is 5.56. The van der Waals surface area contributed by atoms with Gasteiger partial charge in [0.25, 0.3) is 5.91 Å². The largest absolute Gasteiger partial charge is 0.366 e. The van der Waals surface area contributed by atoms with Crippen LogP contribution in [0, 0.1) is 11.7 Å². The van der Waals surface area contributed by atoms with Crippen LogP contribution in [0.2, 0.25) is 0 Å². The minimum atomic E-state index is -0.775. The first-order chi connectivity index (χ1) is 8.47. The lowest BCUT2D eigenvalue weighted by atomic mass is 10.1. The van der Waals surface area contributed by atoms with E-state index < -0.39 is 11.7 Å². The number of primary amides is 1. The molecule has 96 valence electrons. The maximum absolute atomic E-state index is 13.3. The van der Waals surface area contributed by atoms with Crippen molar-refractivity contribution in [3.05, 3.63) is 28.0 Å². The van der Waals surface area contributed by atoms with Crippen LogP contribution < -0.4 is 11.1 Å². The third-order valence-corrected chi connectivity index (χ3v) is 3.38. The molecule has 0 radical (unpaired) electrons. The molecule has 0 spiro atoms. The van der Waals surface area contributed by atoms with Gasteiger partial charge in [-0.25, -0.2) is 4.39 Å². The van der Waals surface area contributed by atoms with Crippen LogP contribution in [0.3, 0.4) is 0 Å². The normalized spacial score (nSPS) is 14.3. The third kappa shape index (κ3) is 3.07. The van der Waals surface area contributed by atoms with Gasteiger partial charge in [-0.15, -0.1) is 0 Å². The highest BCUT2D eigenvalue weighted by Crippen LogP contribution is 2.33. The van der Waals surface area contributed by atoms with Crippen LogP contribution in [-0.4, -0.2) is 11.8 Å². The average Bonchev–Trinajstić information content (AvgIpc) is 3.06. The predicted octanol–water partition coefficient (Wildman–Crippen LogP) is 2.43. The van der Waals surface area contributed by atoms with Gasteiger partial charge in [-0.05, 0) is 46.8 Å². The molecule has 1 aliphatic carbocycles. The Bertz CT molecular complexity index is 515. The summed E-state index contributed by atoms with van der Waals surface area (Å²) in [5.41, 5.74) is 5.36. The summed E-state index contributed by atoms with van der Waals surface area (Å²) < 4.78 is 13.5. The third-order valence-electron chi connectivity index (χ3n) is 2.77. The molecule has 1 saturated carbocycles. The monoisotopic (exact) mass is 314 g/mol. The van der Waals surface area contributed by atoms with E-state index in [4.69, 9.17) is 5.73 Å². The van der Waals surface area contributed by atoms with E-state index in [1.165, 1.54) is 6.07 Å². The van der Waals surface area contributed by atoms with Crippen molar-refractivity contribution < 1.29 is 14.0 Å². The molecule has 18 heavy (non-hydrogen) atoms. The summed E-state index contributed by atoms with van der Waals surface area (Å²) in [6.45, 7) is 0. The van der Waals surface area contributed by atoms with Gasteiger partial charge in [0.2, 0.25) is 5.91 Å². The molecule has 0 heterocycles.